The summed E-state index contributed by atoms with van der Waals surface area (Å²) in [5.41, 5.74) is 5.12. The van der Waals surface area contributed by atoms with Gasteiger partial charge in [0.05, 0.1) is 5.69 Å². The molecule has 3 nitrogen and oxygen atoms in total. The summed E-state index contributed by atoms with van der Waals surface area (Å²) in [7, 11) is 0. The van der Waals surface area contributed by atoms with Gasteiger partial charge in [-0.05, 0) is 30.4 Å². The van der Waals surface area contributed by atoms with Crippen LogP contribution in [-0.2, 0) is 12.8 Å². The number of aromatic hydroxyl groups is 2. The number of rotatable bonds is 3. The van der Waals surface area contributed by atoms with Crippen molar-refractivity contribution in [2.75, 3.05) is 0 Å². The van der Waals surface area contributed by atoms with Gasteiger partial charge in [0.25, 0.3) is 0 Å². The van der Waals surface area contributed by atoms with Gasteiger partial charge in [-0.15, -0.1) is 0 Å². The van der Waals surface area contributed by atoms with E-state index in [1.807, 2.05) is 0 Å². The minimum atomic E-state index is 0.222. The summed E-state index contributed by atoms with van der Waals surface area (Å²) >= 11 is 0. The number of hydrogen-bond donors (Lipinski definition) is 2. The number of fused-ring (bicyclic) bond motifs is 5. The van der Waals surface area contributed by atoms with Crippen molar-refractivity contribution in [1.82, 2.24) is 4.57 Å². The molecule has 1 aromatic heterocycles. The highest BCUT2D eigenvalue weighted by atomic mass is 16.3. The molecule has 22 heavy (non-hydrogen) atoms. The van der Waals surface area contributed by atoms with Crippen LogP contribution in [0.1, 0.15) is 54.4 Å². The predicted molar refractivity (Wildman–Crippen MR) is 87.1 cm³/mol. The van der Waals surface area contributed by atoms with E-state index in [4.69, 9.17) is 0 Å². The first kappa shape index (κ1) is 13.5. The largest absolute Gasteiger partial charge is 0.494 e. The van der Waals surface area contributed by atoms with Crippen molar-refractivity contribution in [3.05, 3.63) is 52.6 Å². The Labute approximate surface area is 130 Å². The van der Waals surface area contributed by atoms with Gasteiger partial charge >= 0.3 is 0 Å². The number of nitrogens with zero attached hydrogens (tertiary/aromatic N) is 1. The normalized spacial score (nSPS) is 21.5. The lowest BCUT2D eigenvalue weighted by atomic mass is 10.0. The second-order valence-electron chi connectivity index (χ2n) is 6.28. The predicted octanol–water partition coefficient (Wildman–Crippen LogP) is 4.15. The van der Waals surface area contributed by atoms with E-state index in [1.54, 1.807) is 4.57 Å². The van der Waals surface area contributed by atoms with Gasteiger partial charge in [0, 0.05) is 23.0 Å². The molecule has 2 aliphatic rings. The van der Waals surface area contributed by atoms with E-state index in [0.717, 1.165) is 47.2 Å². The highest BCUT2D eigenvalue weighted by Crippen LogP contribution is 2.57. The van der Waals surface area contributed by atoms with Crippen molar-refractivity contribution in [2.24, 2.45) is 0 Å². The third-order valence-electron chi connectivity index (χ3n) is 5.21. The fourth-order valence-electron chi connectivity index (χ4n) is 4.15. The maximum absolute atomic E-state index is 10.8. The summed E-state index contributed by atoms with van der Waals surface area (Å²) in [5, 5.41) is 21.6. The van der Waals surface area contributed by atoms with E-state index in [9.17, 15) is 10.2 Å². The maximum atomic E-state index is 10.8. The Hall–Kier alpha value is -2.16. The van der Waals surface area contributed by atoms with Crippen LogP contribution in [0.3, 0.4) is 0 Å². The number of allylic oxidation sites excluding steroid dienone is 2. The van der Waals surface area contributed by atoms with Crippen molar-refractivity contribution >= 4 is 0 Å². The molecule has 0 spiro atoms. The summed E-state index contributed by atoms with van der Waals surface area (Å²) in [4.78, 5) is 0. The first-order valence-corrected chi connectivity index (χ1v) is 8.13. The molecule has 0 aliphatic heterocycles. The molecule has 4 rings (SSSR count). The monoisotopic (exact) mass is 295 g/mol. The van der Waals surface area contributed by atoms with Crippen LogP contribution in [0.5, 0.6) is 11.8 Å². The van der Waals surface area contributed by atoms with Gasteiger partial charge in [-0.2, -0.15) is 0 Å². The topological polar surface area (TPSA) is 45.4 Å². The molecule has 2 aliphatic carbocycles. The van der Waals surface area contributed by atoms with E-state index in [1.165, 1.54) is 0 Å². The maximum Gasteiger partial charge on any atom is 0.202 e. The lowest BCUT2D eigenvalue weighted by molar-refractivity contribution is 0.394. The van der Waals surface area contributed by atoms with Crippen molar-refractivity contribution < 1.29 is 10.2 Å². The number of aromatic nitrogens is 1. The number of para-hydroxylation sites is 1. The fraction of sp³-hybridized carbons (Fsp3) is 0.368. The molecule has 0 saturated carbocycles. The zero-order valence-corrected chi connectivity index (χ0v) is 13.0. The summed E-state index contributed by atoms with van der Waals surface area (Å²) in [6.45, 7) is 4.21. The van der Waals surface area contributed by atoms with Crippen LogP contribution >= 0.6 is 0 Å². The molecule has 0 fully saturated rings. The Morgan fingerprint density at radius 1 is 0.955 bits per heavy atom. The molecule has 0 amide bonds. The third-order valence-corrected chi connectivity index (χ3v) is 5.21. The van der Waals surface area contributed by atoms with Crippen LogP contribution in [0.4, 0.5) is 0 Å². The van der Waals surface area contributed by atoms with E-state index in [-0.39, 0.29) is 23.6 Å². The Bertz CT molecular complexity index is 727. The van der Waals surface area contributed by atoms with Crippen LogP contribution < -0.4 is 0 Å². The molecule has 1 aromatic carbocycles. The highest BCUT2D eigenvalue weighted by molar-refractivity contribution is 5.64. The summed E-state index contributed by atoms with van der Waals surface area (Å²) < 4.78 is 1.68. The number of benzene rings is 1. The first-order valence-electron chi connectivity index (χ1n) is 8.13. The lowest BCUT2D eigenvalue weighted by Crippen LogP contribution is -2.04. The van der Waals surface area contributed by atoms with Gasteiger partial charge in [-0.25, -0.2) is 0 Å². The van der Waals surface area contributed by atoms with Crippen LogP contribution in [0.2, 0.25) is 0 Å². The highest BCUT2D eigenvalue weighted by Gasteiger charge is 2.41. The summed E-state index contributed by atoms with van der Waals surface area (Å²) in [6.07, 6.45) is 7.04. The standard InChI is InChI=1S/C19H21NO2/c1-3-11-6-5-7-12(4-2)17(11)20-18(21)15-13-8-9-14(10-13)16(15)19(20)22/h5-9,13-14,21-22H,3-4,10H2,1-2H3. The minimum Gasteiger partial charge on any atom is -0.494 e. The SMILES string of the molecule is CCc1cccc(CC)c1-n1c(O)c2c(c1O)C1C=CC2C1. The third kappa shape index (κ3) is 1.57. The van der Waals surface area contributed by atoms with E-state index in [2.05, 4.69) is 44.2 Å². The van der Waals surface area contributed by atoms with Crippen LogP contribution in [-0.4, -0.2) is 14.8 Å². The minimum absolute atomic E-state index is 0.222. The Morgan fingerprint density at radius 2 is 1.45 bits per heavy atom. The van der Waals surface area contributed by atoms with E-state index in [0.29, 0.717) is 0 Å². The van der Waals surface area contributed by atoms with Crippen LogP contribution in [0.15, 0.2) is 30.4 Å². The van der Waals surface area contributed by atoms with Crippen molar-refractivity contribution in [3.63, 3.8) is 0 Å². The molecule has 0 radical (unpaired) electrons. The number of hydrogen-bond acceptors (Lipinski definition) is 2. The van der Waals surface area contributed by atoms with Crippen LogP contribution in [0, 0.1) is 0 Å². The van der Waals surface area contributed by atoms with Crippen molar-refractivity contribution in [3.8, 4) is 17.4 Å². The lowest BCUT2D eigenvalue weighted by Gasteiger charge is -2.17. The molecule has 3 heteroatoms. The average molecular weight is 295 g/mol. The molecule has 114 valence electrons. The van der Waals surface area contributed by atoms with Crippen LogP contribution in [0.25, 0.3) is 5.69 Å². The fourth-order valence-corrected chi connectivity index (χ4v) is 4.15. The van der Waals surface area contributed by atoms with E-state index < -0.39 is 0 Å². The molecule has 2 N–H and O–H groups in total. The quantitative estimate of drug-likeness (QED) is 0.835. The summed E-state index contributed by atoms with van der Waals surface area (Å²) in [5.74, 6) is 0.955. The molecule has 2 aromatic rings. The molecule has 2 bridgehead atoms. The van der Waals surface area contributed by atoms with Gasteiger partial charge < -0.3 is 10.2 Å². The van der Waals surface area contributed by atoms with Gasteiger partial charge in [0.15, 0.2) is 0 Å². The van der Waals surface area contributed by atoms with Gasteiger partial charge in [0.2, 0.25) is 11.8 Å². The Kier molecular flexibility index (Phi) is 2.86. The second-order valence-corrected chi connectivity index (χ2v) is 6.28. The Balaban J connectivity index is 2.00. The van der Waals surface area contributed by atoms with Gasteiger partial charge in [-0.1, -0.05) is 44.2 Å². The molecular weight excluding hydrogens is 274 g/mol. The zero-order chi connectivity index (χ0) is 15.4. The molecule has 1 heterocycles. The number of aryl methyl sites for hydroxylation is 2. The van der Waals surface area contributed by atoms with Gasteiger partial charge in [-0.3, -0.25) is 4.57 Å². The molecule has 0 saturated heterocycles. The van der Waals surface area contributed by atoms with Crippen molar-refractivity contribution in [2.45, 2.75) is 44.9 Å². The first-order chi connectivity index (χ1) is 10.7. The van der Waals surface area contributed by atoms with Crippen molar-refractivity contribution in [1.29, 1.82) is 0 Å². The second kappa shape index (κ2) is 4.67. The smallest absolute Gasteiger partial charge is 0.202 e. The zero-order valence-electron chi connectivity index (χ0n) is 13.0. The molecular formula is C19H21NO2. The van der Waals surface area contributed by atoms with E-state index >= 15 is 0 Å². The van der Waals surface area contributed by atoms with Gasteiger partial charge in [0.1, 0.15) is 0 Å². The molecule has 2 unspecified atom stereocenters. The average Bonchev–Trinajstić information content (AvgIpc) is 3.21. The summed E-state index contributed by atoms with van der Waals surface area (Å²) in [6, 6.07) is 6.20. The Morgan fingerprint density at radius 3 is 1.91 bits per heavy atom. The molecule has 2 atom stereocenters.